The normalized spacial score (nSPS) is 13.8. The van der Waals surface area contributed by atoms with Crippen LogP contribution in [-0.4, -0.2) is 5.78 Å². The molecule has 3 heteroatoms. The van der Waals surface area contributed by atoms with Gasteiger partial charge in [0, 0.05) is 11.1 Å². The third-order valence-electron chi connectivity index (χ3n) is 3.87. The van der Waals surface area contributed by atoms with Crippen molar-refractivity contribution in [2.75, 3.05) is 5.73 Å². The summed E-state index contributed by atoms with van der Waals surface area (Å²) in [6.45, 7) is 0. The first-order chi connectivity index (χ1) is 9.65. The lowest BCUT2D eigenvalue weighted by atomic mass is 9.89. The van der Waals surface area contributed by atoms with Gasteiger partial charge in [-0.2, -0.15) is 0 Å². The van der Waals surface area contributed by atoms with Crippen molar-refractivity contribution in [3.05, 3.63) is 63.7 Å². The number of rotatable bonds is 2. The van der Waals surface area contributed by atoms with Gasteiger partial charge in [0.25, 0.3) is 0 Å². The third-order valence-corrected chi connectivity index (χ3v) is 4.20. The number of aryl methyl sites for hydroxylation is 2. The molecule has 0 unspecified atom stereocenters. The molecule has 0 saturated carbocycles. The van der Waals surface area contributed by atoms with Crippen molar-refractivity contribution in [3.63, 3.8) is 0 Å². The molecular formula is C17H16ClNO. The van der Waals surface area contributed by atoms with Crippen molar-refractivity contribution in [3.8, 4) is 0 Å². The summed E-state index contributed by atoms with van der Waals surface area (Å²) in [5.41, 5.74) is 10.2. The van der Waals surface area contributed by atoms with Crippen molar-refractivity contribution < 1.29 is 4.79 Å². The molecule has 0 amide bonds. The summed E-state index contributed by atoms with van der Waals surface area (Å²) in [6.07, 6.45) is 4.64. The predicted octanol–water partition coefficient (Wildman–Crippen LogP) is 4.03. The molecule has 0 fully saturated rings. The van der Waals surface area contributed by atoms with Gasteiger partial charge in [-0.15, -0.1) is 0 Å². The molecule has 102 valence electrons. The van der Waals surface area contributed by atoms with Crippen LogP contribution in [0.2, 0.25) is 5.02 Å². The number of nitrogen functional groups attached to an aromatic ring is 1. The number of fused-ring (bicyclic) bond motifs is 1. The number of hydrogen-bond donors (Lipinski definition) is 1. The van der Waals surface area contributed by atoms with Crippen LogP contribution < -0.4 is 5.73 Å². The first kappa shape index (κ1) is 13.2. The summed E-state index contributed by atoms with van der Waals surface area (Å²) in [7, 11) is 0. The Kier molecular flexibility index (Phi) is 3.49. The fourth-order valence-corrected chi connectivity index (χ4v) is 2.89. The molecule has 0 spiro atoms. The number of halogens is 1. The van der Waals surface area contributed by atoms with Crippen LogP contribution in [0.25, 0.3) is 0 Å². The second-order valence-corrected chi connectivity index (χ2v) is 5.66. The summed E-state index contributed by atoms with van der Waals surface area (Å²) in [6, 6.07) is 11.1. The molecule has 2 aromatic rings. The Balaban J connectivity index is 1.95. The topological polar surface area (TPSA) is 43.1 Å². The van der Waals surface area contributed by atoms with Gasteiger partial charge in [-0.3, -0.25) is 4.79 Å². The number of anilines is 1. The Morgan fingerprint density at radius 1 is 0.950 bits per heavy atom. The lowest BCUT2D eigenvalue weighted by Gasteiger charge is -2.16. The van der Waals surface area contributed by atoms with Gasteiger partial charge in [-0.05, 0) is 61.1 Å². The summed E-state index contributed by atoms with van der Waals surface area (Å²) in [5.74, 6) is 0.000253. The molecule has 0 saturated heterocycles. The van der Waals surface area contributed by atoms with E-state index in [1.165, 1.54) is 24.0 Å². The maximum atomic E-state index is 12.5. The van der Waals surface area contributed by atoms with Gasteiger partial charge in [0.15, 0.2) is 5.78 Å². The molecule has 0 radical (unpaired) electrons. The highest BCUT2D eigenvalue weighted by Gasteiger charge is 2.14. The van der Waals surface area contributed by atoms with Crippen LogP contribution in [0.5, 0.6) is 0 Å². The molecule has 20 heavy (non-hydrogen) atoms. The molecular weight excluding hydrogens is 270 g/mol. The van der Waals surface area contributed by atoms with Crippen LogP contribution in [0, 0.1) is 0 Å². The monoisotopic (exact) mass is 285 g/mol. The van der Waals surface area contributed by atoms with E-state index < -0.39 is 0 Å². The number of carbonyl (C=O) groups excluding carboxylic acids is 1. The van der Waals surface area contributed by atoms with E-state index in [0.717, 1.165) is 18.4 Å². The Morgan fingerprint density at radius 3 is 2.35 bits per heavy atom. The van der Waals surface area contributed by atoms with E-state index in [2.05, 4.69) is 6.07 Å². The number of carbonyl (C=O) groups is 1. The number of nitrogens with two attached hydrogens (primary N) is 1. The number of benzene rings is 2. The van der Waals surface area contributed by atoms with E-state index >= 15 is 0 Å². The first-order valence-electron chi connectivity index (χ1n) is 6.86. The van der Waals surface area contributed by atoms with E-state index in [0.29, 0.717) is 16.3 Å². The molecule has 2 aromatic carbocycles. The number of ketones is 1. The van der Waals surface area contributed by atoms with E-state index in [1.54, 1.807) is 18.2 Å². The van der Waals surface area contributed by atoms with E-state index in [4.69, 9.17) is 17.3 Å². The van der Waals surface area contributed by atoms with Crippen molar-refractivity contribution in [2.24, 2.45) is 0 Å². The van der Waals surface area contributed by atoms with Crippen LogP contribution >= 0.6 is 11.6 Å². The largest absolute Gasteiger partial charge is 0.398 e. The standard InChI is InChI=1S/C17H16ClNO/c18-15-10-14(7-8-16(15)19)17(20)13-6-5-11-3-1-2-4-12(11)9-13/h5-10H,1-4,19H2. The minimum Gasteiger partial charge on any atom is -0.398 e. The van der Waals surface area contributed by atoms with Crippen molar-refractivity contribution in [1.82, 2.24) is 0 Å². The SMILES string of the molecule is Nc1ccc(C(=O)c2ccc3c(c2)CCCC3)cc1Cl. The minimum atomic E-state index is 0.000253. The Labute approximate surface area is 123 Å². The predicted molar refractivity (Wildman–Crippen MR) is 82.4 cm³/mol. The zero-order valence-electron chi connectivity index (χ0n) is 11.2. The second kappa shape index (κ2) is 5.29. The zero-order chi connectivity index (χ0) is 14.1. The summed E-state index contributed by atoms with van der Waals surface area (Å²) >= 11 is 5.98. The molecule has 0 atom stereocenters. The Morgan fingerprint density at radius 2 is 1.60 bits per heavy atom. The first-order valence-corrected chi connectivity index (χ1v) is 7.24. The fourth-order valence-electron chi connectivity index (χ4n) is 2.71. The van der Waals surface area contributed by atoms with E-state index in [-0.39, 0.29) is 5.78 Å². The van der Waals surface area contributed by atoms with Gasteiger partial charge < -0.3 is 5.73 Å². The molecule has 1 aliphatic carbocycles. The van der Waals surface area contributed by atoms with E-state index in [9.17, 15) is 4.79 Å². The second-order valence-electron chi connectivity index (χ2n) is 5.26. The number of hydrogen-bond acceptors (Lipinski definition) is 2. The Hall–Kier alpha value is -1.80. The average Bonchev–Trinajstić information content (AvgIpc) is 2.49. The van der Waals surface area contributed by atoms with Gasteiger partial charge >= 0.3 is 0 Å². The highest BCUT2D eigenvalue weighted by Crippen LogP contribution is 2.25. The van der Waals surface area contributed by atoms with Crippen LogP contribution in [0.4, 0.5) is 5.69 Å². The lowest BCUT2D eigenvalue weighted by Crippen LogP contribution is -2.07. The zero-order valence-corrected chi connectivity index (χ0v) is 11.9. The van der Waals surface area contributed by atoms with Gasteiger partial charge in [0.1, 0.15) is 0 Å². The van der Waals surface area contributed by atoms with Crippen LogP contribution in [-0.2, 0) is 12.8 Å². The minimum absolute atomic E-state index is 0.000253. The maximum Gasteiger partial charge on any atom is 0.193 e. The molecule has 0 bridgehead atoms. The molecule has 1 aliphatic rings. The quantitative estimate of drug-likeness (QED) is 0.669. The molecule has 2 nitrogen and oxygen atoms in total. The lowest BCUT2D eigenvalue weighted by molar-refractivity contribution is 0.103. The smallest absolute Gasteiger partial charge is 0.193 e. The molecule has 2 N–H and O–H groups in total. The van der Waals surface area contributed by atoms with Crippen molar-refractivity contribution in [2.45, 2.75) is 25.7 Å². The fraction of sp³-hybridized carbons (Fsp3) is 0.235. The maximum absolute atomic E-state index is 12.5. The summed E-state index contributed by atoms with van der Waals surface area (Å²) in [4.78, 5) is 12.5. The van der Waals surface area contributed by atoms with E-state index in [1.807, 2.05) is 12.1 Å². The van der Waals surface area contributed by atoms with Gasteiger partial charge in [0.05, 0.1) is 10.7 Å². The van der Waals surface area contributed by atoms with Crippen molar-refractivity contribution >= 4 is 23.1 Å². The third kappa shape index (κ3) is 2.44. The molecule has 3 rings (SSSR count). The summed E-state index contributed by atoms with van der Waals surface area (Å²) in [5, 5.41) is 0.425. The van der Waals surface area contributed by atoms with Crippen LogP contribution in [0.15, 0.2) is 36.4 Å². The highest BCUT2D eigenvalue weighted by molar-refractivity contribution is 6.33. The van der Waals surface area contributed by atoms with Crippen LogP contribution in [0.3, 0.4) is 0 Å². The average molecular weight is 286 g/mol. The summed E-state index contributed by atoms with van der Waals surface area (Å²) < 4.78 is 0. The molecule has 0 aliphatic heterocycles. The van der Waals surface area contributed by atoms with Crippen molar-refractivity contribution in [1.29, 1.82) is 0 Å². The van der Waals surface area contributed by atoms with Gasteiger partial charge in [0.2, 0.25) is 0 Å². The highest BCUT2D eigenvalue weighted by atomic mass is 35.5. The molecule has 0 heterocycles. The van der Waals surface area contributed by atoms with Gasteiger partial charge in [-0.25, -0.2) is 0 Å². The van der Waals surface area contributed by atoms with Crippen LogP contribution in [0.1, 0.15) is 39.9 Å². The molecule has 0 aromatic heterocycles. The Bertz CT molecular complexity index is 679. The van der Waals surface area contributed by atoms with Gasteiger partial charge in [-0.1, -0.05) is 23.7 Å².